The lowest BCUT2D eigenvalue weighted by Crippen LogP contribution is -2.20. The van der Waals surface area contributed by atoms with Crippen LogP contribution in [-0.4, -0.2) is 18.2 Å². The van der Waals surface area contributed by atoms with Crippen molar-refractivity contribution >= 4 is 69.2 Å². The van der Waals surface area contributed by atoms with Crippen molar-refractivity contribution in [3.63, 3.8) is 0 Å². The highest BCUT2D eigenvalue weighted by Crippen LogP contribution is 2.25. The number of carbonyl (C=O) groups is 1. The van der Waals surface area contributed by atoms with E-state index in [1.165, 1.54) is 18.4 Å². The molecule has 110 valence electrons. The molecule has 0 saturated heterocycles. The summed E-state index contributed by atoms with van der Waals surface area (Å²) < 4.78 is 4.70. The van der Waals surface area contributed by atoms with Crippen molar-refractivity contribution in [2.45, 2.75) is 0 Å². The molecule has 0 unspecified atom stereocenters. The van der Waals surface area contributed by atoms with Crippen LogP contribution in [0.15, 0.2) is 29.6 Å². The van der Waals surface area contributed by atoms with Crippen molar-refractivity contribution in [2.75, 3.05) is 17.7 Å². The molecule has 21 heavy (non-hydrogen) atoms. The van der Waals surface area contributed by atoms with Gasteiger partial charge in [-0.05, 0) is 41.9 Å². The molecule has 0 atom stereocenters. The minimum absolute atomic E-state index is 0.317. The molecule has 2 aromatic rings. The van der Waals surface area contributed by atoms with E-state index < -0.39 is 5.97 Å². The van der Waals surface area contributed by atoms with E-state index in [9.17, 15) is 4.79 Å². The number of ether oxygens (including phenoxy) is 1. The molecule has 0 fully saturated rings. The second-order valence-corrected chi connectivity index (χ2v) is 6.09. The van der Waals surface area contributed by atoms with Gasteiger partial charge < -0.3 is 15.4 Å². The van der Waals surface area contributed by atoms with Gasteiger partial charge in [-0.25, -0.2) is 4.79 Å². The second-order valence-electron chi connectivity index (χ2n) is 3.89. The summed E-state index contributed by atoms with van der Waals surface area (Å²) in [6.07, 6.45) is 0. The van der Waals surface area contributed by atoms with Crippen LogP contribution in [0.1, 0.15) is 9.67 Å². The lowest BCUT2D eigenvalue weighted by Gasteiger charge is -2.11. The largest absolute Gasteiger partial charge is 0.465 e. The van der Waals surface area contributed by atoms with E-state index in [0.29, 0.717) is 31.4 Å². The predicted octanol–water partition coefficient (Wildman–Crippen LogP) is 4.65. The number of benzene rings is 1. The SMILES string of the molecule is COC(=O)c1sccc1NC(=S)Nc1cc(Cl)cc(Cl)c1. The third-order valence-corrected chi connectivity index (χ3v) is 3.94. The first-order valence-electron chi connectivity index (χ1n) is 5.69. The van der Waals surface area contributed by atoms with Crippen molar-refractivity contribution in [2.24, 2.45) is 0 Å². The average Bonchev–Trinajstić information content (AvgIpc) is 2.84. The van der Waals surface area contributed by atoms with Crippen LogP contribution >= 0.6 is 46.8 Å². The summed E-state index contributed by atoms with van der Waals surface area (Å²) in [7, 11) is 1.33. The number of hydrogen-bond donors (Lipinski definition) is 2. The van der Waals surface area contributed by atoms with Gasteiger partial charge in [-0.15, -0.1) is 11.3 Å². The summed E-state index contributed by atoms with van der Waals surface area (Å²) in [5.74, 6) is -0.416. The van der Waals surface area contributed by atoms with Crippen molar-refractivity contribution in [3.8, 4) is 0 Å². The topological polar surface area (TPSA) is 50.4 Å². The third-order valence-electron chi connectivity index (χ3n) is 2.40. The Morgan fingerprint density at radius 3 is 2.52 bits per heavy atom. The van der Waals surface area contributed by atoms with Gasteiger partial charge in [-0.2, -0.15) is 0 Å². The molecule has 0 saturated carbocycles. The Labute approximate surface area is 141 Å². The number of anilines is 2. The van der Waals surface area contributed by atoms with E-state index in [-0.39, 0.29) is 0 Å². The zero-order valence-corrected chi connectivity index (χ0v) is 13.9. The highest BCUT2D eigenvalue weighted by molar-refractivity contribution is 7.80. The summed E-state index contributed by atoms with van der Waals surface area (Å²) in [4.78, 5) is 12.0. The number of methoxy groups -OCH3 is 1. The minimum atomic E-state index is -0.416. The fraction of sp³-hybridized carbons (Fsp3) is 0.0769. The predicted molar refractivity (Wildman–Crippen MR) is 92.0 cm³/mol. The molecule has 0 aliphatic carbocycles. The Bertz CT molecular complexity index is 668. The molecule has 0 radical (unpaired) electrons. The first kappa shape index (κ1) is 16.0. The Balaban J connectivity index is 2.08. The van der Waals surface area contributed by atoms with Crippen molar-refractivity contribution in [1.82, 2.24) is 0 Å². The quantitative estimate of drug-likeness (QED) is 0.616. The highest BCUT2D eigenvalue weighted by Gasteiger charge is 2.14. The van der Waals surface area contributed by atoms with Crippen molar-refractivity contribution in [3.05, 3.63) is 44.6 Å². The smallest absolute Gasteiger partial charge is 0.350 e. The molecule has 1 aromatic heterocycles. The number of thiocarbonyl (C=S) groups is 1. The zero-order valence-electron chi connectivity index (χ0n) is 10.8. The maximum atomic E-state index is 11.6. The average molecular weight is 361 g/mol. The lowest BCUT2D eigenvalue weighted by molar-refractivity contribution is 0.0607. The number of thiophene rings is 1. The molecule has 0 bridgehead atoms. The van der Waals surface area contributed by atoms with E-state index in [0.717, 1.165) is 0 Å². The monoisotopic (exact) mass is 360 g/mol. The molecule has 1 aromatic carbocycles. The molecule has 8 heteroatoms. The Kier molecular flexibility index (Phi) is 5.41. The standard InChI is InChI=1S/C13H10Cl2N2O2S2/c1-19-12(18)11-10(2-3-21-11)17-13(20)16-9-5-7(14)4-8(15)6-9/h2-6H,1H3,(H2,16,17,20). The highest BCUT2D eigenvalue weighted by atomic mass is 35.5. The fourth-order valence-corrected chi connectivity index (χ4v) is 3.09. The number of esters is 1. The van der Waals surface area contributed by atoms with Crippen LogP contribution < -0.4 is 10.6 Å². The molecule has 0 spiro atoms. The van der Waals surface area contributed by atoms with Gasteiger partial charge >= 0.3 is 5.97 Å². The van der Waals surface area contributed by atoms with E-state index in [1.807, 2.05) is 0 Å². The van der Waals surface area contributed by atoms with Crippen LogP contribution in [0.4, 0.5) is 11.4 Å². The van der Waals surface area contributed by atoms with Crippen molar-refractivity contribution in [1.29, 1.82) is 0 Å². The van der Waals surface area contributed by atoms with Crippen LogP contribution in [0, 0.1) is 0 Å². The summed E-state index contributed by atoms with van der Waals surface area (Å²) in [6, 6.07) is 6.75. The number of halogens is 2. The van der Waals surface area contributed by atoms with Gasteiger partial charge in [-0.1, -0.05) is 23.2 Å². The van der Waals surface area contributed by atoms with E-state index in [1.54, 1.807) is 29.6 Å². The summed E-state index contributed by atoms with van der Waals surface area (Å²) in [5, 5.41) is 8.97. The molecule has 0 aliphatic heterocycles. The molecule has 2 rings (SSSR count). The maximum Gasteiger partial charge on any atom is 0.350 e. The van der Waals surface area contributed by atoms with Crippen molar-refractivity contribution < 1.29 is 9.53 Å². The van der Waals surface area contributed by atoms with E-state index >= 15 is 0 Å². The summed E-state index contributed by atoms with van der Waals surface area (Å²) >= 11 is 18.3. The third kappa shape index (κ3) is 4.31. The van der Waals surface area contributed by atoms with Crippen LogP contribution in [0.5, 0.6) is 0 Å². The van der Waals surface area contributed by atoms with Gasteiger partial charge in [0.2, 0.25) is 0 Å². The Morgan fingerprint density at radius 2 is 1.90 bits per heavy atom. The van der Waals surface area contributed by atoms with Crippen LogP contribution in [-0.2, 0) is 4.74 Å². The Morgan fingerprint density at radius 1 is 1.24 bits per heavy atom. The van der Waals surface area contributed by atoms with Gasteiger partial charge in [0, 0.05) is 15.7 Å². The number of carbonyl (C=O) groups excluding carboxylic acids is 1. The number of rotatable bonds is 3. The fourth-order valence-electron chi connectivity index (χ4n) is 1.57. The minimum Gasteiger partial charge on any atom is -0.465 e. The van der Waals surface area contributed by atoms with Gasteiger partial charge in [-0.3, -0.25) is 0 Å². The normalized spacial score (nSPS) is 10.0. The maximum absolute atomic E-state index is 11.6. The van der Waals surface area contributed by atoms with Gasteiger partial charge in [0.1, 0.15) is 4.88 Å². The second kappa shape index (κ2) is 7.09. The van der Waals surface area contributed by atoms with Crippen LogP contribution in [0.3, 0.4) is 0 Å². The molecular weight excluding hydrogens is 351 g/mol. The van der Waals surface area contributed by atoms with Gasteiger partial charge in [0.05, 0.1) is 12.8 Å². The molecular formula is C13H10Cl2N2O2S2. The summed E-state index contributed by atoms with van der Waals surface area (Å²) in [5.41, 5.74) is 1.23. The summed E-state index contributed by atoms with van der Waals surface area (Å²) in [6.45, 7) is 0. The molecule has 1 heterocycles. The number of hydrogen-bond acceptors (Lipinski definition) is 4. The lowest BCUT2D eigenvalue weighted by atomic mass is 10.3. The number of nitrogens with one attached hydrogen (secondary N) is 2. The molecule has 0 aliphatic rings. The van der Waals surface area contributed by atoms with Crippen LogP contribution in [0.25, 0.3) is 0 Å². The first-order chi connectivity index (χ1) is 9.99. The van der Waals surface area contributed by atoms with Gasteiger partial charge in [0.15, 0.2) is 5.11 Å². The molecule has 4 nitrogen and oxygen atoms in total. The molecule has 2 N–H and O–H groups in total. The molecule has 0 amide bonds. The Hall–Kier alpha value is -1.34. The zero-order chi connectivity index (χ0) is 15.4. The van der Waals surface area contributed by atoms with Gasteiger partial charge in [0.25, 0.3) is 0 Å². The van der Waals surface area contributed by atoms with E-state index in [4.69, 9.17) is 40.2 Å². The first-order valence-corrected chi connectivity index (χ1v) is 7.74. The van der Waals surface area contributed by atoms with Crippen LogP contribution in [0.2, 0.25) is 10.0 Å². The van der Waals surface area contributed by atoms with E-state index in [2.05, 4.69) is 10.6 Å².